The van der Waals surface area contributed by atoms with Crippen LogP contribution in [0.5, 0.6) is 0 Å². The summed E-state index contributed by atoms with van der Waals surface area (Å²) < 4.78 is 0. The molecule has 2 atom stereocenters. The Kier molecular flexibility index (Phi) is 4.46. The molecule has 2 nitrogen and oxygen atoms in total. The normalized spacial score (nSPS) is 25.3. The van der Waals surface area contributed by atoms with Crippen LogP contribution in [-0.4, -0.2) is 17.3 Å². The fourth-order valence-electron chi connectivity index (χ4n) is 2.26. The van der Waals surface area contributed by atoms with Gasteiger partial charge in [0, 0.05) is 11.4 Å². The molecule has 0 radical (unpaired) electrons. The molecular formula is C13H18ClNOS. The standard InChI is InChI=1S/C13H18ClNOS/c1-9-7-17-8-10(9)13(16)15-12-6-4-2-3-5-11(12)14/h7-8,11-12H,2-6H2,1H3,(H,15,16). The zero-order valence-corrected chi connectivity index (χ0v) is 11.6. The largest absolute Gasteiger partial charge is 0.348 e. The van der Waals surface area contributed by atoms with Crippen LogP contribution in [0.15, 0.2) is 10.8 Å². The van der Waals surface area contributed by atoms with Crippen molar-refractivity contribution in [3.05, 3.63) is 21.9 Å². The number of hydrogen-bond acceptors (Lipinski definition) is 2. The monoisotopic (exact) mass is 271 g/mol. The molecule has 0 bridgehead atoms. The first-order valence-electron chi connectivity index (χ1n) is 6.16. The van der Waals surface area contributed by atoms with Crippen molar-refractivity contribution < 1.29 is 4.79 Å². The van der Waals surface area contributed by atoms with Gasteiger partial charge in [0.2, 0.25) is 0 Å². The Morgan fingerprint density at radius 1 is 1.35 bits per heavy atom. The molecule has 0 aromatic carbocycles. The SMILES string of the molecule is Cc1cscc1C(=O)NC1CCCCCC1Cl. The fraction of sp³-hybridized carbons (Fsp3) is 0.615. The minimum atomic E-state index is 0.0290. The average Bonchev–Trinajstić information content (AvgIpc) is 2.63. The van der Waals surface area contributed by atoms with E-state index in [2.05, 4.69) is 5.32 Å². The van der Waals surface area contributed by atoms with Gasteiger partial charge in [-0.15, -0.1) is 11.6 Å². The highest BCUT2D eigenvalue weighted by Crippen LogP contribution is 2.23. The first-order chi connectivity index (χ1) is 8.18. The molecule has 1 N–H and O–H groups in total. The molecule has 1 fully saturated rings. The maximum absolute atomic E-state index is 12.1. The van der Waals surface area contributed by atoms with E-state index < -0.39 is 0 Å². The molecule has 0 saturated heterocycles. The first kappa shape index (κ1) is 12.9. The predicted molar refractivity (Wildman–Crippen MR) is 73.0 cm³/mol. The minimum Gasteiger partial charge on any atom is -0.348 e. The molecule has 0 spiro atoms. The van der Waals surface area contributed by atoms with Gasteiger partial charge in [-0.25, -0.2) is 0 Å². The van der Waals surface area contributed by atoms with Crippen molar-refractivity contribution in [2.24, 2.45) is 0 Å². The van der Waals surface area contributed by atoms with E-state index in [0.29, 0.717) is 0 Å². The summed E-state index contributed by atoms with van der Waals surface area (Å²) in [5.74, 6) is 0.0290. The Morgan fingerprint density at radius 2 is 2.12 bits per heavy atom. The van der Waals surface area contributed by atoms with Gasteiger partial charge in [0.15, 0.2) is 0 Å². The molecule has 1 heterocycles. The molecule has 1 saturated carbocycles. The van der Waals surface area contributed by atoms with Crippen molar-refractivity contribution in [2.75, 3.05) is 0 Å². The summed E-state index contributed by atoms with van der Waals surface area (Å²) in [6, 6.07) is 0.131. The average molecular weight is 272 g/mol. The van der Waals surface area contributed by atoms with Crippen molar-refractivity contribution in [1.29, 1.82) is 0 Å². The van der Waals surface area contributed by atoms with E-state index in [4.69, 9.17) is 11.6 Å². The number of carbonyl (C=O) groups is 1. The summed E-state index contributed by atoms with van der Waals surface area (Å²) in [5, 5.41) is 7.08. The maximum Gasteiger partial charge on any atom is 0.252 e. The molecule has 1 amide bonds. The molecular weight excluding hydrogens is 254 g/mol. The molecule has 0 aliphatic heterocycles. The van der Waals surface area contributed by atoms with E-state index in [1.54, 1.807) is 11.3 Å². The molecule has 1 aromatic heterocycles. The Morgan fingerprint density at radius 3 is 2.82 bits per heavy atom. The molecule has 1 aliphatic rings. The van der Waals surface area contributed by atoms with Gasteiger partial charge in [0.1, 0.15) is 0 Å². The van der Waals surface area contributed by atoms with Gasteiger partial charge in [-0.1, -0.05) is 19.3 Å². The molecule has 2 rings (SSSR count). The van der Waals surface area contributed by atoms with Crippen molar-refractivity contribution in [2.45, 2.75) is 50.4 Å². The van der Waals surface area contributed by atoms with E-state index in [1.807, 2.05) is 17.7 Å². The number of thiophene rings is 1. The maximum atomic E-state index is 12.1. The Labute approximate surface area is 111 Å². The second-order valence-corrected chi connectivity index (χ2v) is 6.01. The van der Waals surface area contributed by atoms with Gasteiger partial charge in [-0.05, 0) is 30.7 Å². The van der Waals surface area contributed by atoms with E-state index in [1.165, 1.54) is 12.8 Å². The third-order valence-electron chi connectivity index (χ3n) is 3.35. The molecule has 4 heteroatoms. The van der Waals surface area contributed by atoms with Crippen LogP contribution < -0.4 is 5.32 Å². The summed E-state index contributed by atoms with van der Waals surface area (Å²) in [7, 11) is 0. The van der Waals surface area contributed by atoms with E-state index >= 15 is 0 Å². The third kappa shape index (κ3) is 3.23. The van der Waals surface area contributed by atoms with Crippen LogP contribution in [0, 0.1) is 6.92 Å². The summed E-state index contributed by atoms with van der Waals surface area (Å²) in [5.41, 5.74) is 1.84. The number of hydrogen-bond donors (Lipinski definition) is 1. The second-order valence-electron chi connectivity index (χ2n) is 4.70. The van der Waals surface area contributed by atoms with Crippen LogP contribution >= 0.6 is 22.9 Å². The number of alkyl halides is 1. The van der Waals surface area contributed by atoms with Gasteiger partial charge in [0.25, 0.3) is 5.91 Å². The van der Waals surface area contributed by atoms with Crippen molar-refractivity contribution in [3.63, 3.8) is 0 Å². The van der Waals surface area contributed by atoms with E-state index in [-0.39, 0.29) is 17.3 Å². The molecule has 1 aliphatic carbocycles. The number of halogens is 1. The summed E-state index contributed by atoms with van der Waals surface area (Å²) in [6.07, 6.45) is 5.58. The molecule has 1 aromatic rings. The summed E-state index contributed by atoms with van der Waals surface area (Å²) >= 11 is 7.89. The van der Waals surface area contributed by atoms with Crippen LogP contribution in [0.1, 0.15) is 48.0 Å². The van der Waals surface area contributed by atoms with E-state index in [9.17, 15) is 4.79 Å². The fourth-order valence-corrected chi connectivity index (χ4v) is 3.44. The number of nitrogens with one attached hydrogen (secondary N) is 1. The van der Waals surface area contributed by atoms with E-state index in [0.717, 1.165) is 30.4 Å². The summed E-state index contributed by atoms with van der Waals surface area (Å²) in [4.78, 5) is 12.1. The van der Waals surface area contributed by atoms with Gasteiger partial charge < -0.3 is 5.32 Å². The smallest absolute Gasteiger partial charge is 0.252 e. The quantitative estimate of drug-likeness (QED) is 0.645. The van der Waals surface area contributed by atoms with Crippen molar-refractivity contribution >= 4 is 28.8 Å². The molecule has 2 unspecified atom stereocenters. The van der Waals surface area contributed by atoms with Crippen LogP contribution in [0.25, 0.3) is 0 Å². The third-order valence-corrected chi connectivity index (χ3v) is 4.73. The molecule has 94 valence electrons. The molecule has 17 heavy (non-hydrogen) atoms. The highest BCUT2D eigenvalue weighted by atomic mass is 35.5. The van der Waals surface area contributed by atoms with Gasteiger partial charge in [0.05, 0.1) is 10.9 Å². The second kappa shape index (κ2) is 5.87. The lowest BCUT2D eigenvalue weighted by Gasteiger charge is -2.21. The lowest BCUT2D eigenvalue weighted by atomic mass is 10.1. The minimum absolute atomic E-state index is 0.0290. The van der Waals surface area contributed by atoms with Crippen molar-refractivity contribution in [3.8, 4) is 0 Å². The predicted octanol–water partition coefficient (Wildman–Crippen LogP) is 3.73. The van der Waals surface area contributed by atoms with Crippen LogP contribution in [0.3, 0.4) is 0 Å². The Bertz CT molecular complexity index is 391. The van der Waals surface area contributed by atoms with Crippen LogP contribution in [0.2, 0.25) is 0 Å². The summed E-state index contributed by atoms with van der Waals surface area (Å²) in [6.45, 7) is 1.97. The van der Waals surface area contributed by atoms with Gasteiger partial charge >= 0.3 is 0 Å². The van der Waals surface area contributed by atoms with Crippen LogP contribution in [-0.2, 0) is 0 Å². The number of carbonyl (C=O) groups excluding carboxylic acids is 1. The number of rotatable bonds is 2. The van der Waals surface area contributed by atoms with Gasteiger partial charge in [-0.3, -0.25) is 4.79 Å². The van der Waals surface area contributed by atoms with Gasteiger partial charge in [-0.2, -0.15) is 11.3 Å². The zero-order valence-electron chi connectivity index (χ0n) is 10.0. The lowest BCUT2D eigenvalue weighted by Crippen LogP contribution is -2.40. The number of aryl methyl sites for hydroxylation is 1. The van der Waals surface area contributed by atoms with Crippen LogP contribution in [0.4, 0.5) is 0 Å². The highest BCUT2D eigenvalue weighted by Gasteiger charge is 2.24. The van der Waals surface area contributed by atoms with Crippen molar-refractivity contribution in [1.82, 2.24) is 5.32 Å². The zero-order chi connectivity index (χ0) is 12.3. The highest BCUT2D eigenvalue weighted by molar-refractivity contribution is 7.08. The first-order valence-corrected chi connectivity index (χ1v) is 7.54. The Balaban J connectivity index is 2.00. The topological polar surface area (TPSA) is 29.1 Å². The number of amides is 1. The lowest BCUT2D eigenvalue weighted by molar-refractivity contribution is 0.0934. The Hall–Kier alpha value is -0.540.